The summed E-state index contributed by atoms with van der Waals surface area (Å²) in [5, 5.41) is 8.71. The average Bonchev–Trinajstić information content (AvgIpc) is 2.69. The first-order valence-electron chi connectivity index (χ1n) is 6.32. The molecular formula is C14H16N2O4. The quantitative estimate of drug-likeness (QED) is 0.825. The van der Waals surface area contributed by atoms with E-state index < -0.39 is 17.9 Å². The number of fused-ring (bicyclic) bond motifs is 1. The van der Waals surface area contributed by atoms with Crippen LogP contribution >= 0.6 is 0 Å². The Balaban J connectivity index is 2.25. The molecule has 6 heteroatoms. The molecule has 0 bridgehead atoms. The maximum absolute atomic E-state index is 12.3. The number of nitrogens with zero attached hydrogens (tertiary/aromatic N) is 1. The summed E-state index contributed by atoms with van der Waals surface area (Å²) in [6, 6.07) is 4.50. The molecular weight excluding hydrogens is 260 g/mol. The Labute approximate surface area is 116 Å². The van der Waals surface area contributed by atoms with Crippen molar-refractivity contribution in [2.75, 3.05) is 0 Å². The predicted octanol–water partition coefficient (Wildman–Crippen LogP) is 0.670. The molecule has 1 aromatic rings. The molecule has 0 fully saturated rings. The molecule has 2 rings (SSSR count). The van der Waals surface area contributed by atoms with Gasteiger partial charge in [-0.15, -0.1) is 0 Å². The van der Waals surface area contributed by atoms with Crippen molar-refractivity contribution in [3.63, 3.8) is 0 Å². The highest BCUT2D eigenvalue weighted by atomic mass is 16.4. The number of primary amides is 1. The molecule has 0 radical (unpaired) electrons. The normalized spacial score (nSPS) is 15.1. The third kappa shape index (κ3) is 2.49. The Bertz CT molecular complexity index is 583. The maximum atomic E-state index is 12.3. The van der Waals surface area contributed by atoms with E-state index in [9.17, 15) is 14.4 Å². The Morgan fingerprint density at radius 3 is 2.70 bits per heavy atom. The Morgan fingerprint density at radius 2 is 2.15 bits per heavy atom. The topological polar surface area (TPSA) is 101 Å². The number of hydrogen-bond acceptors (Lipinski definition) is 3. The fourth-order valence-corrected chi connectivity index (χ4v) is 2.47. The molecule has 1 aliphatic heterocycles. The van der Waals surface area contributed by atoms with Crippen molar-refractivity contribution in [1.82, 2.24) is 4.90 Å². The average molecular weight is 276 g/mol. The van der Waals surface area contributed by atoms with Crippen LogP contribution in [0.2, 0.25) is 0 Å². The molecule has 6 nitrogen and oxygen atoms in total. The number of benzene rings is 1. The molecule has 106 valence electrons. The molecule has 1 heterocycles. The number of rotatable bonds is 5. The predicted molar refractivity (Wildman–Crippen MR) is 70.9 cm³/mol. The number of hydrogen-bond donors (Lipinski definition) is 2. The van der Waals surface area contributed by atoms with E-state index >= 15 is 0 Å². The van der Waals surface area contributed by atoms with Gasteiger partial charge in [-0.1, -0.05) is 12.1 Å². The minimum Gasteiger partial charge on any atom is -0.481 e. The number of carboxylic acids is 1. The van der Waals surface area contributed by atoms with Gasteiger partial charge in [-0.2, -0.15) is 0 Å². The number of carbonyl (C=O) groups is 3. The molecule has 1 atom stereocenters. The van der Waals surface area contributed by atoms with Crippen LogP contribution < -0.4 is 5.73 Å². The zero-order chi connectivity index (χ0) is 14.9. The minimum absolute atomic E-state index is 0.0312. The van der Waals surface area contributed by atoms with Crippen LogP contribution in [0, 0.1) is 6.92 Å². The van der Waals surface area contributed by atoms with Crippen LogP contribution in [0.3, 0.4) is 0 Å². The Morgan fingerprint density at radius 1 is 1.45 bits per heavy atom. The Hall–Kier alpha value is -2.37. The SMILES string of the molecule is Cc1cccc2c1CN(C(CCC(=O)O)C(N)=O)C2=O. The minimum atomic E-state index is -1.02. The van der Waals surface area contributed by atoms with Crippen molar-refractivity contribution >= 4 is 17.8 Å². The van der Waals surface area contributed by atoms with Gasteiger partial charge >= 0.3 is 5.97 Å². The molecule has 0 saturated heterocycles. The van der Waals surface area contributed by atoms with Crippen LogP contribution in [0.15, 0.2) is 18.2 Å². The lowest BCUT2D eigenvalue weighted by atomic mass is 10.1. The second-order valence-corrected chi connectivity index (χ2v) is 4.88. The van der Waals surface area contributed by atoms with Crippen molar-refractivity contribution in [1.29, 1.82) is 0 Å². The van der Waals surface area contributed by atoms with Crippen molar-refractivity contribution in [2.24, 2.45) is 5.73 Å². The number of carbonyl (C=O) groups excluding carboxylic acids is 2. The van der Waals surface area contributed by atoms with Crippen LogP contribution in [0.1, 0.15) is 34.3 Å². The summed E-state index contributed by atoms with van der Waals surface area (Å²) in [7, 11) is 0. The van der Waals surface area contributed by atoms with Gasteiger partial charge in [-0.3, -0.25) is 14.4 Å². The summed E-state index contributed by atoms with van der Waals surface area (Å²) >= 11 is 0. The highest BCUT2D eigenvalue weighted by Crippen LogP contribution is 2.28. The van der Waals surface area contributed by atoms with Gasteiger partial charge in [0.15, 0.2) is 0 Å². The summed E-state index contributed by atoms with van der Waals surface area (Å²) in [6.07, 6.45) is -0.170. The van der Waals surface area contributed by atoms with Crippen LogP contribution in [0.25, 0.3) is 0 Å². The van der Waals surface area contributed by atoms with Gasteiger partial charge in [0.25, 0.3) is 5.91 Å². The molecule has 0 saturated carbocycles. The molecule has 20 heavy (non-hydrogen) atoms. The van der Waals surface area contributed by atoms with Gasteiger partial charge in [0.2, 0.25) is 5.91 Å². The van der Waals surface area contributed by atoms with Gasteiger partial charge in [0.1, 0.15) is 6.04 Å². The van der Waals surface area contributed by atoms with Gasteiger partial charge in [0, 0.05) is 18.5 Å². The zero-order valence-corrected chi connectivity index (χ0v) is 11.1. The smallest absolute Gasteiger partial charge is 0.303 e. The lowest BCUT2D eigenvalue weighted by Crippen LogP contribution is -2.45. The van der Waals surface area contributed by atoms with Gasteiger partial charge in [-0.25, -0.2) is 0 Å². The van der Waals surface area contributed by atoms with Crippen LogP contribution in [-0.4, -0.2) is 33.8 Å². The van der Waals surface area contributed by atoms with Gasteiger partial charge < -0.3 is 15.7 Å². The third-order valence-electron chi connectivity index (χ3n) is 3.57. The molecule has 2 amide bonds. The van der Waals surface area contributed by atoms with Gasteiger partial charge in [0.05, 0.1) is 0 Å². The summed E-state index contributed by atoms with van der Waals surface area (Å²) in [5.74, 6) is -1.96. The molecule has 0 aliphatic carbocycles. The Kier molecular flexibility index (Phi) is 3.74. The number of nitrogens with two attached hydrogens (primary N) is 1. The fraction of sp³-hybridized carbons (Fsp3) is 0.357. The first-order chi connectivity index (χ1) is 9.41. The molecule has 3 N–H and O–H groups in total. The maximum Gasteiger partial charge on any atom is 0.303 e. The van der Waals surface area contributed by atoms with Gasteiger partial charge in [-0.05, 0) is 30.5 Å². The molecule has 0 spiro atoms. The number of amides is 2. The van der Waals surface area contributed by atoms with Crippen molar-refractivity contribution in [3.05, 3.63) is 34.9 Å². The van der Waals surface area contributed by atoms with Crippen LogP contribution in [-0.2, 0) is 16.1 Å². The van der Waals surface area contributed by atoms with Crippen molar-refractivity contribution in [3.8, 4) is 0 Å². The summed E-state index contributed by atoms with van der Waals surface area (Å²) in [4.78, 5) is 35.8. The molecule has 1 aromatic carbocycles. The second kappa shape index (κ2) is 5.32. The van der Waals surface area contributed by atoms with E-state index in [2.05, 4.69) is 0 Å². The zero-order valence-electron chi connectivity index (χ0n) is 11.1. The molecule has 1 unspecified atom stereocenters. The number of aryl methyl sites for hydroxylation is 1. The van der Waals surface area contributed by atoms with E-state index in [1.807, 2.05) is 13.0 Å². The highest BCUT2D eigenvalue weighted by molar-refractivity contribution is 6.01. The standard InChI is InChI=1S/C14H16N2O4/c1-8-3-2-4-9-10(8)7-16(14(9)20)11(13(15)19)5-6-12(17)18/h2-4,11H,5-7H2,1H3,(H2,15,19)(H,17,18). The first-order valence-corrected chi connectivity index (χ1v) is 6.32. The van der Waals surface area contributed by atoms with E-state index in [-0.39, 0.29) is 18.7 Å². The van der Waals surface area contributed by atoms with Crippen LogP contribution in [0.4, 0.5) is 0 Å². The molecule has 0 aromatic heterocycles. The second-order valence-electron chi connectivity index (χ2n) is 4.88. The third-order valence-corrected chi connectivity index (χ3v) is 3.57. The monoisotopic (exact) mass is 276 g/mol. The lowest BCUT2D eigenvalue weighted by Gasteiger charge is -2.24. The van der Waals surface area contributed by atoms with E-state index in [0.29, 0.717) is 12.1 Å². The number of aliphatic carboxylic acids is 1. The molecule has 1 aliphatic rings. The van der Waals surface area contributed by atoms with Crippen molar-refractivity contribution < 1.29 is 19.5 Å². The van der Waals surface area contributed by atoms with E-state index in [1.54, 1.807) is 12.1 Å². The van der Waals surface area contributed by atoms with E-state index in [4.69, 9.17) is 10.8 Å². The van der Waals surface area contributed by atoms with Crippen molar-refractivity contribution in [2.45, 2.75) is 32.4 Å². The van der Waals surface area contributed by atoms with E-state index in [0.717, 1.165) is 11.1 Å². The highest BCUT2D eigenvalue weighted by Gasteiger charge is 2.36. The van der Waals surface area contributed by atoms with E-state index in [1.165, 1.54) is 4.90 Å². The summed E-state index contributed by atoms with van der Waals surface area (Å²) in [6.45, 7) is 2.19. The number of carboxylic acid groups (broad SMARTS) is 1. The first kappa shape index (κ1) is 14.0. The van der Waals surface area contributed by atoms with Crippen LogP contribution in [0.5, 0.6) is 0 Å². The largest absolute Gasteiger partial charge is 0.481 e. The lowest BCUT2D eigenvalue weighted by molar-refractivity contribution is -0.137. The summed E-state index contributed by atoms with van der Waals surface area (Å²) < 4.78 is 0. The fourth-order valence-electron chi connectivity index (χ4n) is 2.47. The summed E-state index contributed by atoms with van der Waals surface area (Å²) in [5.41, 5.74) is 7.72.